The first kappa shape index (κ1) is 14.9. The molecule has 0 spiro atoms. The number of nitrogens with one attached hydrogen (secondary N) is 1. The molecule has 0 aliphatic carbocycles. The summed E-state index contributed by atoms with van der Waals surface area (Å²) in [6.45, 7) is 0. The van der Waals surface area contributed by atoms with Gasteiger partial charge in [0.1, 0.15) is 0 Å². The molecule has 3 aromatic rings. The van der Waals surface area contributed by atoms with Gasteiger partial charge in [0.05, 0.1) is 11.7 Å². The summed E-state index contributed by atoms with van der Waals surface area (Å²) in [7, 11) is 0. The number of nitrogens with zero attached hydrogens (tertiary/aromatic N) is 2. The van der Waals surface area contributed by atoms with Crippen molar-refractivity contribution in [3.8, 4) is 0 Å². The van der Waals surface area contributed by atoms with E-state index in [1.54, 1.807) is 30.5 Å². The molecule has 1 heterocycles. The van der Waals surface area contributed by atoms with Gasteiger partial charge in [0.2, 0.25) is 0 Å². The van der Waals surface area contributed by atoms with Crippen LogP contribution < -0.4 is 5.43 Å². The normalized spacial score (nSPS) is 12.4. The largest absolute Gasteiger partial charge is 0.378 e. The standard InChI is InChI=1S/C18H15N3O2/c22-17(14-6-2-1-3-7-14)18(23)21-20-12-15-9-4-8-13-10-5-11-19-16(13)15/h1-12,17,22H,(H,21,23)/b20-12-/t17-/m1/s1. The quantitative estimate of drug-likeness (QED) is 0.574. The molecule has 3 rings (SSSR count). The summed E-state index contributed by atoms with van der Waals surface area (Å²) < 4.78 is 0. The van der Waals surface area contributed by atoms with Crippen LogP contribution in [0.1, 0.15) is 17.2 Å². The van der Waals surface area contributed by atoms with E-state index < -0.39 is 12.0 Å². The van der Waals surface area contributed by atoms with Crippen LogP contribution in [0.4, 0.5) is 0 Å². The second-order valence-electron chi connectivity index (χ2n) is 4.97. The van der Waals surface area contributed by atoms with E-state index in [4.69, 9.17) is 0 Å². The number of aliphatic hydroxyl groups excluding tert-OH is 1. The van der Waals surface area contributed by atoms with Gasteiger partial charge in [0.15, 0.2) is 6.10 Å². The Labute approximate surface area is 133 Å². The molecule has 5 heteroatoms. The molecule has 2 aromatic carbocycles. The van der Waals surface area contributed by atoms with Gasteiger partial charge in [0, 0.05) is 17.1 Å². The number of fused-ring (bicyclic) bond motifs is 1. The molecule has 1 atom stereocenters. The molecule has 23 heavy (non-hydrogen) atoms. The van der Waals surface area contributed by atoms with Crippen molar-refractivity contribution in [2.75, 3.05) is 0 Å². The molecular formula is C18H15N3O2. The van der Waals surface area contributed by atoms with Gasteiger partial charge in [-0.3, -0.25) is 9.78 Å². The molecule has 1 aromatic heterocycles. The number of hydrogen-bond donors (Lipinski definition) is 2. The van der Waals surface area contributed by atoms with Crippen LogP contribution in [0.15, 0.2) is 72.0 Å². The number of aromatic nitrogens is 1. The Morgan fingerprint density at radius 2 is 1.87 bits per heavy atom. The van der Waals surface area contributed by atoms with Crippen molar-refractivity contribution in [2.45, 2.75) is 6.10 Å². The fourth-order valence-electron chi connectivity index (χ4n) is 2.25. The Hall–Kier alpha value is -3.05. The van der Waals surface area contributed by atoms with Crippen LogP contribution in [0.25, 0.3) is 10.9 Å². The SMILES string of the molecule is O=C(N/N=C\c1cccc2cccnc12)[C@H](O)c1ccccc1. The van der Waals surface area contributed by atoms with E-state index in [1.807, 2.05) is 36.4 Å². The van der Waals surface area contributed by atoms with E-state index in [1.165, 1.54) is 6.21 Å². The predicted molar refractivity (Wildman–Crippen MR) is 88.9 cm³/mol. The van der Waals surface area contributed by atoms with Crippen molar-refractivity contribution < 1.29 is 9.90 Å². The fraction of sp³-hybridized carbons (Fsp3) is 0.0556. The lowest BCUT2D eigenvalue weighted by molar-refractivity contribution is -0.129. The number of para-hydroxylation sites is 1. The maximum absolute atomic E-state index is 11.9. The third kappa shape index (κ3) is 3.41. The van der Waals surface area contributed by atoms with Gasteiger partial charge in [-0.2, -0.15) is 5.10 Å². The molecule has 0 unspecified atom stereocenters. The van der Waals surface area contributed by atoms with Gasteiger partial charge in [-0.05, 0) is 11.6 Å². The fourth-order valence-corrected chi connectivity index (χ4v) is 2.25. The zero-order valence-electron chi connectivity index (χ0n) is 12.3. The van der Waals surface area contributed by atoms with Crippen LogP contribution >= 0.6 is 0 Å². The number of rotatable bonds is 4. The second kappa shape index (κ2) is 6.81. The number of carbonyl (C=O) groups excluding carboxylic acids is 1. The molecule has 2 N–H and O–H groups in total. The first-order valence-corrected chi connectivity index (χ1v) is 7.15. The van der Waals surface area contributed by atoms with Crippen molar-refractivity contribution >= 4 is 23.0 Å². The molecule has 114 valence electrons. The van der Waals surface area contributed by atoms with Crippen LogP contribution in [-0.2, 0) is 4.79 Å². The summed E-state index contributed by atoms with van der Waals surface area (Å²) in [4.78, 5) is 16.2. The maximum Gasteiger partial charge on any atom is 0.273 e. The minimum atomic E-state index is -1.25. The number of hydrogen-bond acceptors (Lipinski definition) is 4. The number of aliphatic hydroxyl groups is 1. The molecule has 0 aliphatic heterocycles. The Kier molecular flexibility index (Phi) is 4.40. The number of hydrazone groups is 1. The van der Waals surface area contributed by atoms with Crippen molar-refractivity contribution in [2.24, 2.45) is 5.10 Å². The highest BCUT2D eigenvalue weighted by atomic mass is 16.3. The predicted octanol–water partition coefficient (Wildman–Crippen LogP) is 2.42. The van der Waals surface area contributed by atoms with Crippen LogP contribution in [-0.4, -0.2) is 22.2 Å². The number of benzene rings is 2. The first-order valence-electron chi connectivity index (χ1n) is 7.15. The number of pyridine rings is 1. The van der Waals surface area contributed by atoms with E-state index in [0.29, 0.717) is 5.56 Å². The maximum atomic E-state index is 11.9. The molecule has 0 bridgehead atoms. The van der Waals surface area contributed by atoms with Gasteiger partial charge >= 0.3 is 0 Å². The first-order chi connectivity index (χ1) is 11.3. The van der Waals surface area contributed by atoms with Gasteiger partial charge in [0.25, 0.3) is 5.91 Å². The van der Waals surface area contributed by atoms with E-state index >= 15 is 0 Å². The second-order valence-corrected chi connectivity index (χ2v) is 4.97. The van der Waals surface area contributed by atoms with Crippen LogP contribution in [0.5, 0.6) is 0 Å². The van der Waals surface area contributed by atoms with Crippen LogP contribution in [0.3, 0.4) is 0 Å². The third-order valence-electron chi connectivity index (χ3n) is 3.41. The van der Waals surface area contributed by atoms with Crippen molar-refractivity contribution in [3.63, 3.8) is 0 Å². The summed E-state index contributed by atoms with van der Waals surface area (Å²) >= 11 is 0. The van der Waals surface area contributed by atoms with Gasteiger partial charge in [-0.25, -0.2) is 5.43 Å². The highest BCUT2D eigenvalue weighted by Gasteiger charge is 2.15. The topological polar surface area (TPSA) is 74.6 Å². The van der Waals surface area contributed by atoms with E-state index in [9.17, 15) is 9.90 Å². The minimum absolute atomic E-state index is 0.520. The zero-order valence-corrected chi connectivity index (χ0v) is 12.3. The average Bonchev–Trinajstić information content (AvgIpc) is 2.62. The molecule has 0 saturated carbocycles. The van der Waals surface area contributed by atoms with Gasteiger partial charge < -0.3 is 5.11 Å². The number of carbonyl (C=O) groups is 1. The lowest BCUT2D eigenvalue weighted by atomic mass is 10.1. The molecule has 0 fully saturated rings. The third-order valence-corrected chi connectivity index (χ3v) is 3.41. The molecule has 0 radical (unpaired) electrons. The monoisotopic (exact) mass is 305 g/mol. The summed E-state index contributed by atoms with van der Waals surface area (Å²) in [5, 5.41) is 14.9. The number of amides is 1. The Morgan fingerprint density at radius 1 is 1.09 bits per heavy atom. The molecular weight excluding hydrogens is 290 g/mol. The van der Waals surface area contributed by atoms with Gasteiger partial charge in [-0.15, -0.1) is 0 Å². The summed E-state index contributed by atoms with van der Waals surface area (Å²) in [6.07, 6.45) is 1.97. The van der Waals surface area contributed by atoms with E-state index in [2.05, 4.69) is 15.5 Å². The highest BCUT2D eigenvalue weighted by Crippen LogP contribution is 2.14. The zero-order chi connectivity index (χ0) is 16.1. The summed E-state index contributed by atoms with van der Waals surface area (Å²) in [6, 6.07) is 18.2. The summed E-state index contributed by atoms with van der Waals surface area (Å²) in [5.74, 6) is -0.583. The van der Waals surface area contributed by atoms with Crippen LogP contribution in [0, 0.1) is 0 Å². The van der Waals surface area contributed by atoms with Crippen LogP contribution in [0.2, 0.25) is 0 Å². The Balaban J connectivity index is 1.72. The lowest BCUT2D eigenvalue weighted by Gasteiger charge is -2.08. The van der Waals surface area contributed by atoms with Crippen molar-refractivity contribution in [1.29, 1.82) is 0 Å². The smallest absolute Gasteiger partial charge is 0.273 e. The molecule has 0 aliphatic rings. The Morgan fingerprint density at radius 3 is 2.70 bits per heavy atom. The molecule has 1 amide bonds. The van der Waals surface area contributed by atoms with Crippen molar-refractivity contribution in [1.82, 2.24) is 10.4 Å². The average molecular weight is 305 g/mol. The van der Waals surface area contributed by atoms with E-state index in [-0.39, 0.29) is 0 Å². The summed E-state index contributed by atoms with van der Waals surface area (Å²) in [5.41, 5.74) is 4.46. The van der Waals surface area contributed by atoms with E-state index in [0.717, 1.165) is 16.5 Å². The molecule has 5 nitrogen and oxygen atoms in total. The highest BCUT2D eigenvalue weighted by molar-refractivity contribution is 5.97. The van der Waals surface area contributed by atoms with Gasteiger partial charge in [-0.1, -0.05) is 54.6 Å². The minimum Gasteiger partial charge on any atom is -0.378 e. The molecule has 0 saturated heterocycles. The Bertz CT molecular complexity index is 842. The van der Waals surface area contributed by atoms with Crippen molar-refractivity contribution in [3.05, 3.63) is 78.0 Å². The lowest BCUT2D eigenvalue weighted by Crippen LogP contribution is -2.25.